The quantitative estimate of drug-likeness (QED) is 0.374. The fourth-order valence-electron chi connectivity index (χ4n) is 2.79. The zero-order chi connectivity index (χ0) is 21.7. The molecular weight excluding hydrogens is 452 g/mol. The summed E-state index contributed by atoms with van der Waals surface area (Å²) in [4.78, 5) is 38.5. The Bertz CT molecular complexity index is 1030. The number of anilines is 1. The molecule has 0 aromatic heterocycles. The van der Waals surface area contributed by atoms with Crippen LogP contribution in [0, 0.1) is 0 Å². The number of rotatable bonds is 7. The number of urea groups is 1. The van der Waals surface area contributed by atoms with Crippen LogP contribution in [0.25, 0.3) is 6.08 Å². The topological polar surface area (TPSA) is 84.9 Å². The lowest BCUT2D eigenvalue weighted by atomic mass is 10.1. The van der Waals surface area contributed by atoms with Gasteiger partial charge >= 0.3 is 6.03 Å². The minimum atomic E-state index is -0.805. The lowest BCUT2D eigenvalue weighted by Crippen LogP contribution is -2.54. The first-order valence-electron chi connectivity index (χ1n) is 9.12. The highest BCUT2D eigenvalue weighted by molar-refractivity contribution is 9.10. The summed E-state index contributed by atoms with van der Waals surface area (Å²) in [5.41, 5.74) is 0.760. The molecule has 3 rings (SSSR count). The Kier molecular flexibility index (Phi) is 6.68. The molecule has 0 bridgehead atoms. The van der Waals surface area contributed by atoms with Gasteiger partial charge in [0.2, 0.25) is 0 Å². The summed E-state index contributed by atoms with van der Waals surface area (Å²) in [6, 6.07) is 10.8. The van der Waals surface area contributed by atoms with Crippen molar-refractivity contribution in [3.63, 3.8) is 0 Å². The number of hydrogen-bond donors (Lipinski definition) is 1. The highest BCUT2D eigenvalue weighted by atomic mass is 79.9. The van der Waals surface area contributed by atoms with E-state index in [0.29, 0.717) is 40.4 Å². The van der Waals surface area contributed by atoms with E-state index >= 15 is 0 Å². The molecule has 8 heteroatoms. The number of nitrogens with one attached hydrogen (secondary N) is 1. The fourth-order valence-corrected chi connectivity index (χ4v) is 3.30. The first-order chi connectivity index (χ1) is 14.4. The first kappa shape index (κ1) is 21.3. The number of barbiturate groups is 1. The van der Waals surface area contributed by atoms with E-state index in [4.69, 9.17) is 9.47 Å². The molecule has 1 saturated heterocycles. The van der Waals surface area contributed by atoms with Crippen molar-refractivity contribution in [2.75, 3.05) is 18.1 Å². The summed E-state index contributed by atoms with van der Waals surface area (Å²) in [7, 11) is 0. The molecule has 0 aliphatic carbocycles. The summed E-state index contributed by atoms with van der Waals surface area (Å²) in [6.07, 6.45) is 3.05. The molecule has 1 aliphatic heterocycles. The minimum absolute atomic E-state index is 0.157. The molecule has 0 radical (unpaired) electrons. The molecule has 1 fully saturated rings. The van der Waals surface area contributed by atoms with Crippen LogP contribution in [-0.4, -0.2) is 31.1 Å². The number of carbonyl (C=O) groups excluding carboxylic acids is 3. The zero-order valence-corrected chi connectivity index (χ0v) is 17.8. The third-order valence-corrected chi connectivity index (χ3v) is 4.75. The average molecular weight is 471 g/mol. The number of halogens is 1. The molecule has 2 aromatic rings. The normalized spacial score (nSPS) is 15.2. The van der Waals surface area contributed by atoms with Crippen molar-refractivity contribution in [2.45, 2.75) is 6.92 Å². The monoisotopic (exact) mass is 470 g/mol. The van der Waals surface area contributed by atoms with Crippen molar-refractivity contribution in [1.82, 2.24) is 5.32 Å². The molecule has 7 nitrogen and oxygen atoms in total. The molecule has 2 aromatic carbocycles. The van der Waals surface area contributed by atoms with Gasteiger partial charge in [0.25, 0.3) is 11.8 Å². The standard InChI is InChI=1S/C22H19BrN2O5/c1-3-11-30-19-10-5-14(13-18(19)23)12-17-20(26)24-22(28)25(21(17)27)15-6-8-16(9-7-15)29-4-2/h3,5-10,12-13H,1,4,11H2,2H3,(H,24,26,28)/b17-12-. The van der Waals surface area contributed by atoms with E-state index in [2.05, 4.69) is 27.8 Å². The Balaban J connectivity index is 1.90. The van der Waals surface area contributed by atoms with Crippen LogP contribution < -0.4 is 19.7 Å². The number of ether oxygens (including phenoxy) is 2. The van der Waals surface area contributed by atoms with Crippen molar-refractivity contribution < 1.29 is 23.9 Å². The Labute approximate surface area is 182 Å². The van der Waals surface area contributed by atoms with E-state index in [0.717, 1.165) is 4.90 Å². The maximum absolute atomic E-state index is 13.0. The van der Waals surface area contributed by atoms with Crippen LogP contribution in [-0.2, 0) is 9.59 Å². The van der Waals surface area contributed by atoms with Crippen molar-refractivity contribution >= 4 is 45.5 Å². The SMILES string of the molecule is C=CCOc1ccc(/C=C2/C(=O)NC(=O)N(c3ccc(OCC)cc3)C2=O)cc1Br. The number of nitrogens with zero attached hydrogens (tertiary/aromatic N) is 1. The number of hydrogen-bond acceptors (Lipinski definition) is 5. The minimum Gasteiger partial charge on any atom is -0.494 e. The Morgan fingerprint density at radius 3 is 2.47 bits per heavy atom. The molecule has 154 valence electrons. The van der Waals surface area contributed by atoms with Gasteiger partial charge in [-0.05, 0) is 70.9 Å². The number of imide groups is 2. The van der Waals surface area contributed by atoms with Crippen molar-refractivity contribution in [2.24, 2.45) is 0 Å². The lowest BCUT2D eigenvalue weighted by Gasteiger charge is -2.26. The van der Waals surface area contributed by atoms with Gasteiger partial charge in [-0.1, -0.05) is 18.7 Å². The van der Waals surface area contributed by atoms with E-state index < -0.39 is 17.8 Å². The predicted octanol–water partition coefficient (Wildman–Crippen LogP) is 4.08. The van der Waals surface area contributed by atoms with Crippen molar-refractivity contribution in [1.29, 1.82) is 0 Å². The highest BCUT2D eigenvalue weighted by Crippen LogP contribution is 2.28. The predicted molar refractivity (Wildman–Crippen MR) is 116 cm³/mol. The van der Waals surface area contributed by atoms with Crippen LogP contribution in [0.4, 0.5) is 10.5 Å². The lowest BCUT2D eigenvalue weighted by molar-refractivity contribution is -0.122. The van der Waals surface area contributed by atoms with E-state index in [1.54, 1.807) is 48.5 Å². The number of carbonyl (C=O) groups is 3. The third-order valence-electron chi connectivity index (χ3n) is 4.13. The van der Waals surface area contributed by atoms with E-state index in [-0.39, 0.29) is 5.57 Å². The highest BCUT2D eigenvalue weighted by Gasteiger charge is 2.36. The Hall–Kier alpha value is -3.39. The van der Waals surface area contributed by atoms with Crippen LogP contribution >= 0.6 is 15.9 Å². The summed E-state index contributed by atoms with van der Waals surface area (Å²) in [6.45, 7) is 6.30. The second-order valence-corrected chi connectivity index (χ2v) is 7.03. The third kappa shape index (κ3) is 4.60. The van der Waals surface area contributed by atoms with Gasteiger partial charge in [-0.3, -0.25) is 14.9 Å². The maximum Gasteiger partial charge on any atom is 0.335 e. The van der Waals surface area contributed by atoms with E-state index in [9.17, 15) is 14.4 Å². The average Bonchev–Trinajstić information content (AvgIpc) is 2.72. The molecule has 0 spiro atoms. The second-order valence-electron chi connectivity index (χ2n) is 6.17. The van der Waals surface area contributed by atoms with Gasteiger partial charge in [-0.25, -0.2) is 9.69 Å². The Morgan fingerprint density at radius 1 is 1.10 bits per heavy atom. The largest absolute Gasteiger partial charge is 0.494 e. The molecule has 0 saturated carbocycles. The van der Waals surface area contributed by atoms with Gasteiger partial charge < -0.3 is 9.47 Å². The molecule has 1 N–H and O–H groups in total. The van der Waals surface area contributed by atoms with Gasteiger partial charge in [0.05, 0.1) is 16.8 Å². The fraction of sp³-hybridized carbons (Fsp3) is 0.136. The summed E-state index contributed by atoms with van der Waals surface area (Å²) in [5, 5.41) is 2.20. The molecule has 1 heterocycles. The first-order valence-corrected chi connectivity index (χ1v) is 9.91. The van der Waals surface area contributed by atoms with Gasteiger partial charge in [0.1, 0.15) is 23.7 Å². The van der Waals surface area contributed by atoms with Crippen molar-refractivity contribution in [3.05, 3.63) is 70.7 Å². The molecular formula is C22H19BrN2O5. The van der Waals surface area contributed by atoms with Gasteiger partial charge in [0, 0.05) is 0 Å². The van der Waals surface area contributed by atoms with Crippen LogP contribution in [0.2, 0.25) is 0 Å². The van der Waals surface area contributed by atoms with Crippen LogP contribution in [0.15, 0.2) is 65.2 Å². The van der Waals surface area contributed by atoms with Gasteiger partial charge in [-0.15, -0.1) is 0 Å². The number of amides is 4. The van der Waals surface area contributed by atoms with Crippen LogP contribution in [0.5, 0.6) is 11.5 Å². The molecule has 4 amide bonds. The zero-order valence-electron chi connectivity index (χ0n) is 16.2. The van der Waals surface area contributed by atoms with Crippen LogP contribution in [0.1, 0.15) is 12.5 Å². The summed E-state index contributed by atoms with van der Waals surface area (Å²) in [5.74, 6) is -0.254. The van der Waals surface area contributed by atoms with Crippen molar-refractivity contribution in [3.8, 4) is 11.5 Å². The molecule has 1 aliphatic rings. The summed E-state index contributed by atoms with van der Waals surface area (Å²) >= 11 is 3.40. The number of benzene rings is 2. The van der Waals surface area contributed by atoms with E-state index in [1.165, 1.54) is 6.08 Å². The smallest absolute Gasteiger partial charge is 0.335 e. The van der Waals surface area contributed by atoms with Crippen LogP contribution in [0.3, 0.4) is 0 Å². The maximum atomic E-state index is 13.0. The Morgan fingerprint density at radius 2 is 1.83 bits per heavy atom. The molecule has 0 unspecified atom stereocenters. The summed E-state index contributed by atoms with van der Waals surface area (Å²) < 4.78 is 11.5. The molecule has 0 atom stereocenters. The second kappa shape index (κ2) is 9.41. The molecule has 30 heavy (non-hydrogen) atoms. The van der Waals surface area contributed by atoms with Gasteiger partial charge in [-0.2, -0.15) is 0 Å². The van der Waals surface area contributed by atoms with E-state index in [1.807, 2.05) is 6.92 Å². The van der Waals surface area contributed by atoms with Gasteiger partial charge in [0.15, 0.2) is 0 Å².